The number of hydrogen-bond donors (Lipinski definition) is 1. The molecule has 0 aliphatic carbocycles. The number of hydrogen-bond acceptors (Lipinski definition) is 4. The van der Waals surface area contributed by atoms with Crippen molar-refractivity contribution in [2.45, 2.75) is 33.1 Å². The molecule has 0 atom stereocenters. The van der Waals surface area contributed by atoms with Gasteiger partial charge >= 0.3 is 5.97 Å². The minimum atomic E-state index is -0.897. The third-order valence-electron chi connectivity index (χ3n) is 4.08. The fourth-order valence-electron chi connectivity index (χ4n) is 2.55. The van der Waals surface area contributed by atoms with Crippen LogP contribution in [0.1, 0.15) is 38.8 Å². The van der Waals surface area contributed by atoms with Crippen molar-refractivity contribution >= 4 is 11.5 Å². The van der Waals surface area contributed by atoms with Crippen LogP contribution in [0.2, 0.25) is 0 Å². The van der Waals surface area contributed by atoms with E-state index in [2.05, 4.69) is 45.0 Å². The van der Waals surface area contributed by atoms with E-state index in [1.54, 1.807) is 19.1 Å². The van der Waals surface area contributed by atoms with Crippen LogP contribution in [0.25, 0.3) is 16.7 Å². The average Bonchev–Trinajstić information content (AvgIpc) is 2.62. The molecule has 0 saturated heterocycles. The van der Waals surface area contributed by atoms with E-state index < -0.39 is 11.7 Å². The van der Waals surface area contributed by atoms with Gasteiger partial charge in [-0.15, -0.1) is 0 Å². The van der Waals surface area contributed by atoms with E-state index in [-0.39, 0.29) is 17.6 Å². The standard InChI is InChI=1S/C22H23NO3/c1-5-26-21(25)20(24)19(14-23)17-8-6-15(7-9-17)16-10-12-18(13-11-16)22(2,3)4/h6-13,24H,5H2,1-4H3/b20-19-. The lowest BCUT2D eigenvalue weighted by Gasteiger charge is -2.19. The summed E-state index contributed by atoms with van der Waals surface area (Å²) in [6, 6.07) is 17.3. The van der Waals surface area contributed by atoms with Gasteiger partial charge in [-0.05, 0) is 34.6 Å². The number of rotatable bonds is 4. The smallest absolute Gasteiger partial charge is 0.374 e. The average molecular weight is 349 g/mol. The van der Waals surface area contributed by atoms with Crippen LogP contribution >= 0.6 is 0 Å². The quantitative estimate of drug-likeness (QED) is 0.365. The topological polar surface area (TPSA) is 70.3 Å². The second-order valence-electron chi connectivity index (χ2n) is 6.96. The molecule has 0 heterocycles. The lowest BCUT2D eigenvalue weighted by atomic mass is 9.86. The Morgan fingerprint density at radius 3 is 1.96 bits per heavy atom. The van der Waals surface area contributed by atoms with Crippen LogP contribution < -0.4 is 0 Å². The number of nitrogens with zero attached hydrogens (tertiary/aromatic N) is 1. The third kappa shape index (κ3) is 4.31. The molecule has 2 aromatic carbocycles. The number of nitriles is 1. The van der Waals surface area contributed by atoms with Crippen LogP contribution in [0.15, 0.2) is 54.3 Å². The number of carbonyl (C=O) groups excluding carboxylic acids is 1. The first-order valence-corrected chi connectivity index (χ1v) is 8.49. The summed E-state index contributed by atoms with van der Waals surface area (Å²) in [5.74, 6) is -1.57. The monoisotopic (exact) mass is 349 g/mol. The van der Waals surface area contributed by atoms with Crippen molar-refractivity contribution < 1.29 is 14.6 Å². The molecule has 0 saturated carbocycles. The maximum absolute atomic E-state index is 11.6. The highest BCUT2D eigenvalue weighted by atomic mass is 16.5. The highest BCUT2D eigenvalue weighted by molar-refractivity contribution is 5.98. The molecule has 0 radical (unpaired) electrons. The minimum absolute atomic E-state index is 0.0967. The Bertz CT molecular complexity index is 848. The largest absolute Gasteiger partial charge is 0.501 e. The zero-order valence-corrected chi connectivity index (χ0v) is 15.5. The molecular weight excluding hydrogens is 326 g/mol. The van der Waals surface area contributed by atoms with Crippen molar-refractivity contribution in [3.63, 3.8) is 0 Å². The Morgan fingerprint density at radius 1 is 1.04 bits per heavy atom. The van der Waals surface area contributed by atoms with E-state index in [4.69, 9.17) is 4.74 Å². The summed E-state index contributed by atoms with van der Waals surface area (Å²) in [6.45, 7) is 8.27. The van der Waals surface area contributed by atoms with Crippen LogP contribution in [0.5, 0.6) is 0 Å². The van der Waals surface area contributed by atoms with Gasteiger partial charge in [0.1, 0.15) is 11.6 Å². The Morgan fingerprint density at radius 2 is 1.54 bits per heavy atom. The first kappa shape index (κ1) is 19.3. The van der Waals surface area contributed by atoms with E-state index in [9.17, 15) is 15.2 Å². The van der Waals surface area contributed by atoms with Gasteiger partial charge in [0.05, 0.1) is 6.61 Å². The lowest BCUT2D eigenvalue weighted by molar-refractivity contribution is -0.141. The normalized spacial score (nSPS) is 12.1. The number of aliphatic hydroxyl groups excluding tert-OH is 1. The van der Waals surface area contributed by atoms with Crippen molar-refractivity contribution in [2.75, 3.05) is 6.61 Å². The van der Waals surface area contributed by atoms with E-state index in [1.807, 2.05) is 18.2 Å². The highest BCUT2D eigenvalue weighted by Gasteiger charge is 2.17. The SMILES string of the molecule is CCOC(=O)/C(O)=C(\C#N)c1ccc(-c2ccc(C(C)(C)C)cc2)cc1. The molecule has 4 nitrogen and oxygen atoms in total. The highest BCUT2D eigenvalue weighted by Crippen LogP contribution is 2.27. The predicted molar refractivity (Wildman–Crippen MR) is 102 cm³/mol. The third-order valence-corrected chi connectivity index (χ3v) is 4.08. The molecule has 0 spiro atoms. The molecule has 0 bridgehead atoms. The Labute approximate surface area is 154 Å². The molecule has 0 unspecified atom stereocenters. The van der Waals surface area contributed by atoms with Crippen molar-refractivity contribution in [2.24, 2.45) is 0 Å². The second kappa shape index (κ2) is 7.88. The van der Waals surface area contributed by atoms with Gasteiger partial charge in [-0.1, -0.05) is 69.3 Å². The minimum Gasteiger partial charge on any atom is -0.501 e. The number of benzene rings is 2. The second-order valence-corrected chi connectivity index (χ2v) is 6.96. The fraction of sp³-hybridized carbons (Fsp3) is 0.273. The van der Waals surface area contributed by atoms with Crippen LogP contribution in [0.4, 0.5) is 0 Å². The molecule has 2 aromatic rings. The molecule has 1 N–H and O–H groups in total. The Kier molecular flexibility index (Phi) is 5.84. The van der Waals surface area contributed by atoms with Crippen LogP contribution in [-0.4, -0.2) is 17.7 Å². The summed E-state index contributed by atoms with van der Waals surface area (Å²) in [5.41, 5.74) is 3.77. The molecule has 2 rings (SSSR count). The lowest BCUT2D eigenvalue weighted by Crippen LogP contribution is -2.10. The number of carbonyl (C=O) groups is 1. The molecule has 0 amide bonds. The van der Waals surface area contributed by atoms with Crippen LogP contribution in [-0.2, 0) is 14.9 Å². The number of allylic oxidation sites excluding steroid dienone is 1. The van der Waals surface area contributed by atoms with Gasteiger partial charge in [0, 0.05) is 0 Å². The van der Waals surface area contributed by atoms with Gasteiger partial charge in [0.15, 0.2) is 0 Å². The molecule has 0 aliphatic heterocycles. The maximum Gasteiger partial charge on any atom is 0.374 e. The van der Waals surface area contributed by atoms with E-state index in [1.165, 1.54) is 5.56 Å². The van der Waals surface area contributed by atoms with Crippen LogP contribution in [0.3, 0.4) is 0 Å². The Balaban J connectivity index is 2.32. The van der Waals surface area contributed by atoms with Crippen molar-refractivity contribution in [3.05, 3.63) is 65.4 Å². The molecule has 26 heavy (non-hydrogen) atoms. The van der Waals surface area contributed by atoms with Gasteiger partial charge < -0.3 is 9.84 Å². The number of aliphatic hydroxyl groups is 1. The number of ether oxygens (including phenoxy) is 1. The van der Waals surface area contributed by atoms with Crippen molar-refractivity contribution in [1.29, 1.82) is 5.26 Å². The molecule has 4 heteroatoms. The summed E-state index contributed by atoms with van der Waals surface area (Å²) < 4.78 is 4.74. The van der Waals surface area contributed by atoms with Crippen molar-refractivity contribution in [3.8, 4) is 17.2 Å². The maximum atomic E-state index is 11.6. The number of esters is 1. The van der Waals surface area contributed by atoms with Crippen LogP contribution in [0, 0.1) is 11.3 Å². The summed E-state index contributed by atoms with van der Waals surface area (Å²) in [5, 5.41) is 19.2. The first-order chi connectivity index (χ1) is 12.3. The molecular formula is C22H23NO3. The summed E-state index contributed by atoms with van der Waals surface area (Å²) in [7, 11) is 0. The van der Waals surface area contributed by atoms with Gasteiger partial charge in [0.25, 0.3) is 0 Å². The van der Waals surface area contributed by atoms with Crippen molar-refractivity contribution in [1.82, 2.24) is 0 Å². The molecule has 0 fully saturated rings. The van der Waals surface area contributed by atoms with Gasteiger partial charge in [-0.2, -0.15) is 5.26 Å². The van der Waals surface area contributed by atoms with E-state index in [0.717, 1.165) is 11.1 Å². The van der Waals surface area contributed by atoms with Gasteiger partial charge in [-0.25, -0.2) is 4.79 Å². The molecule has 0 aliphatic rings. The summed E-state index contributed by atoms with van der Waals surface area (Å²) >= 11 is 0. The molecule has 0 aromatic heterocycles. The Hall–Kier alpha value is -3.06. The summed E-state index contributed by atoms with van der Waals surface area (Å²) in [6.07, 6.45) is 0. The van der Waals surface area contributed by atoms with Gasteiger partial charge in [-0.3, -0.25) is 0 Å². The zero-order valence-electron chi connectivity index (χ0n) is 15.5. The fourth-order valence-corrected chi connectivity index (χ4v) is 2.55. The zero-order chi connectivity index (χ0) is 19.3. The van der Waals surface area contributed by atoms with E-state index >= 15 is 0 Å². The molecule has 134 valence electrons. The van der Waals surface area contributed by atoms with Gasteiger partial charge in [0.2, 0.25) is 5.76 Å². The predicted octanol–water partition coefficient (Wildman–Crippen LogP) is 5.01. The summed E-state index contributed by atoms with van der Waals surface area (Å²) in [4.78, 5) is 11.6. The first-order valence-electron chi connectivity index (χ1n) is 8.49. The van der Waals surface area contributed by atoms with E-state index in [0.29, 0.717) is 5.56 Å².